The standard InChI is InChI=1S/C12H15N3/c1-3-7-11-12(15(2)14-13-11)10-8-5-4-6-9-10/h4-6,8-9H,3,7H2,1-2H3. The van der Waals surface area contributed by atoms with Crippen molar-refractivity contribution in [3.05, 3.63) is 36.0 Å². The third-order valence-electron chi connectivity index (χ3n) is 2.43. The number of aromatic nitrogens is 3. The van der Waals surface area contributed by atoms with E-state index in [0.717, 1.165) is 24.2 Å². The van der Waals surface area contributed by atoms with Crippen LogP contribution in [0.15, 0.2) is 30.3 Å². The van der Waals surface area contributed by atoms with Crippen LogP contribution in [0.1, 0.15) is 19.0 Å². The maximum Gasteiger partial charge on any atom is 0.0914 e. The molecule has 0 amide bonds. The van der Waals surface area contributed by atoms with Crippen molar-refractivity contribution in [3.8, 4) is 11.3 Å². The van der Waals surface area contributed by atoms with Crippen LogP contribution in [0.25, 0.3) is 11.3 Å². The summed E-state index contributed by atoms with van der Waals surface area (Å²) in [6.45, 7) is 2.16. The number of nitrogens with zero attached hydrogens (tertiary/aromatic N) is 3. The van der Waals surface area contributed by atoms with E-state index in [1.807, 2.05) is 29.9 Å². The zero-order valence-electron chi connectivity index (χ0n) is 9.14. The van der Waals surface area contributed by atoms with Gasteiger partial charge in [-0.25, -0.2) is 4.68 Å². The van der Waals surface area contributed by atoms with E-state index < -0.39 is 0 Å². The first kappa shape index (κ1) is 9.90. The Hall–Kier alpha value is -1.64. The fourth-order valence-corrected chi connectivity index (χ4v) is 1.75. The Morgan fingerprint density at radius 3 is 2.60 bits per heavy atom. The smallest absolute Gasteiger partial charge is 0.0914 e. The molecule has 3 heteroatoms. The van der Waals surface area contributed by atoms with Crippen LogP contribution in [0.5, 0.6) is 0 Å². The maximum absolute atomic E-state index is 4.19. The van der Waals surface area contributed by atoms with Crippen molar-refractivity contribution in [3.63, 3.8) is 0 Å². The first-order chi connectivity index (χ1) is 7.33. The average molecular weight is 201 g/mol. The summed E-state index contributed by atoms with van der Waals surface area (Å²) in [5.74, 6) is 0. The molecular formula is C12H15N3. The van der Waals surface area contributed by atoms with Gasteiger partial charge in [0.25, 0.3) is 0 Å². The summed E-state index contributed by atoms with van der Waals surface area (Å²) in [5, 5.41) is 8.27. The first-order valence-electron chi connectivity index (χ1n) is 5.27. The van der Waals surface area contributed by atoms with Gasteiger partial charge >= 0.3 is 0 Å². The van der Waals surface area contributed by atoms with Crippen LogP contribution < -0.4 is 0 Å². The lowest BCUT2D eigenvalue weighted by atomic mass is 10.1. The lowest BCUT2D eigenvalue weighted by Crippen LogP contribution is -1.95. The highest BCUT2D eigenvalue weighted by molar-refractivity contribution is 5.61. The van der Waals surface area contributed by atoms with Gasteiger partial charge in [-0.1, -0.05) is 48.9 Å². The molecule has 0 fully saturated rings. The Morgan fingerprint density at radius 1 is 1.20 bits per heavy atom. The lowest BCUT2D eigenvalue weighted by Gasteiger charge is -2.03. The molecule has 78 valence electrons. The molecular weight excluding hydrogens is 186 g/mol. The largest absolute Gasteiger partial charge is 0.247 e. The Kier molecular flexibility index (Phi) is 2.81. The molecule has 0 spiro atoms. The minimum Gasteiger partial charge on any atom is -0.247 e. The van der Waals surface area contributed by atoms with Crippen molar-refractivity contribution in [2.24, 2.45) is 7.05 Å². The van der Waals surface area contributed by atoms with Gasteiger partial charge in [0.15, 0.2) is 0 Å². The molecule has 0 aliphatic carbocycles. The van der Waals surface area contributed by atoms with Crippen molar-refractivity contribution in [2.75, 3.05) is 0 Å². The lowest BCUT2D eigenvalue weighted by molar-refractivity contribution is 0.717. The first-order valence-corrected chi connectivity index (χ1v) is 5.27. The van der Waals surface area contributed by atoms with E-state index in [2.05, 4.69) is 29.4 Å². The van der Waals surface area contributed by atoms with E-state index in [1.54, 1.807) is 0 Å². The summed E-state index contributed by atoms with van der Waals surface area (Å²) >= 11 is 0. The highest BCUT2D eigenvalue weighted by Gasteiger charge is 2.10. The molecule has 0 bridgehead atoms. The highest BCUT2D eigenvalue weighted by Crippen LogP contribution is 2.21. The summed E-state index contributed by atoms with van der Waals surface area (Å²) in [7, 11) is 1.94. The third-order valence-corrected chi connectivity index (χ3v) is 2.43. The van der Waals surface area contributed by atoms with Gasteiger partial charge in [-0.15, -0.1) is 5.10 Å². The van der Waals surface area contributed by atoms with E-state index >= 15 is 0 Å². The monoisotopic (exact) mass is 201 g/mol. The summed E-state index contributed by atoms with van der Waals surface area (Å²) in [5.41, 5.74) is 3.41. The molecule has 15 heavy (non-hydrogen) atoms. The molecule has 0 aliphatic heterocycles. The molecule has 0 unspecified atom stereocenters. The molecule has 2 aromatic rings. The number of hydrogen-bond acceptors (Lipinski definition) is 2. The minimum absolute atomic E-state index is 0.984. The molecule has 0 N–H and O–H groups in total. The van der Waals surface area contributed by atoms with Crippen molar-refractivity contribution < 1.29 is 0 Å². The SMILES string of the molecule is CCCc1nnn(C)c1-c1ccccc1. The fraction of sp³-hybridized carbons (Fsp3) is 0.333. The second-order valence-electron chi connectivity index (χ2n) is 3.62. The van der Waals surface area contributed by atoms with Gasteiger partial charge in [-0.05, 0) is 6.42 Å². The van der Waals surface area contributed by atoms with Gasteiger partial charge in [0, 0.05) is 12.6 Å². The van der Waals surface area contributed by atoms with E-state index in [-0.39, 0.29) is 0 Å². The van der Waals surface area contributed by atoms with Gasteiger partial charge in [-0.3, -0.25) is 0 Å². The normalized spacial score (nSPS) is 10.5. The van der Waals surface area contributed by atoms with Crippen LogP contribution in [0.3, 0.4) is 0 Å². The van der Waals surface area contributed by atoms with Crippen LogP contribution in [0.2, 0.25) is 0 Å². The van der Waals surface area contributed by atoms with Gasteiger partial charge < -0.3 is 0 Å². The topological polar surface area (TPSA) is 30.7 Å². The van der Waals surface area contributed by atoms with Crippen LogP contribution in [0.4, 0.5) is 0 Å². The fourth-order valence-electron chi connectivity index (χ4n) is 1.75. The second kappa shape index (κ2) is 4.26. The van der Waals surface area contributed by atoms with Gasteiger partial charge in [0.05, 0.1) is 11.4 Å². The van der Waals surface area contributed by atoms with E-state index in [0.29, 0.717) is 0 Å². The molecule has 3 nitrogen and oxygen atoms in total. The van der Waals surface area contributed by atoms with E-state index in [9.17, 15) is 0 Å². The molecule has 0 radical (unpaired) electrons. The average Bonchev–Trinajstić information content (AvgIpc) is 2.62. The second-order valence-corrected chi connectivity index (χ2v) is 3.62. The van der Waals surface area contributed by atoms with Gasteiger partial charge in [0.2, 0.25) is 0 Å². The zero-order valence-corrected chi connectivity index (χ0v) is 9.14. The molecule has 0 saturated carbocycles. The van der Waals surface area contributed by atoms with Gasteiger partial charge in [-0.2, -0.15) is 0 Å². The van der Waals surface area contributed by atoms with E-state index in [4.69, 9.17) is 0 Å². The maximum atomic E-state index is 4.19. The molecule has 1 aromatic carbocycles. The Morgan fingerprint density at radius 2 is 1.93 bits per heavy atom. The van der Waals surface area contributed by atoms with Crippen LogP contribution in [-0.4, -0.2) is 15.0 Å². The number of rotatable bonds is 3. The summed E-state index contributed by atoms with van der Waals surface area (Å²) < 4.78 is 1.85. The number of aryl methyl sites for hydroxylation is 2. The van der Waals surface area contributed by atoms with Crippen LogP contribution in [-0.2, 0) is 13.5 Å². The van der Waals surface area contributed by atoms with E-state index in [1.165, 1.54) is 5.56 Å². The molecule has 0 atom stereocenters. The van der Waals surface area contributed by atoms with Crippen molar-refractivity contribution in [2.45, 2.75) is 19.8 Å². The Balaban J connectivity index is 2.47. The zero-order chi connectivity index (χ0) is 10.7. The summed E-state index contributed by atoms with van der Waals surface area (Å²) in [6, 6.07) is 10.3. The van der Waals surface area contributed by atoms with Crippen molar-refractivity contribution >= 4 is 0 Å². The number of hydrogen-bond donors (Lipinski definition) is 0. The minimum atomic E-state index is 0.984. The third kappa shape index (κ3) is 1.91. The van der Waals surface area contributed by atoms with Crippen LogP contribution in [0, 0.1) is 0 Å². The molecule has 0 aliphatic rings. The molecule has 0 saturated heterocycles. The number of benzene rings is 1. The quantitative estimate of drug-likeness (QED) is 0.763. The van der Waals surface area contributed by atoms with Gasteiger partial charge in [0.1, 0.15) is 0 Å². The highest BCUT2D eigenvalue weighted by atomic mass is 15.4. The predicted molar refractivity (Wildman–Crippen MR) is 60.4 cm³/mol. The summed E-state index contributed by atoms with van der Waals surface area (Å²) in [4.78, 5) is 0. The van der Waals surface area contributed by atoms with Crippen molar-refractivity contribution in [1.82, 2.24) is 15.0 Å². The summed E-state index contributed by atoms with van der Waals surface area (Å²) in [6.07, 6.45) is 2.08. The van der Waals surface area contributed by atoms with Crippen molar-refractivity contribution in [1.29, 1.82) is 0 Å². The molecule has 1 aromatic heterocycles. The molecule has 1 heterocycles. The molecule has 2 rings (SSSR count). The van der Waals surface area contributed by atoms with Crippen LogP contribution >= 0.6 is 0 Å². The Bertz CT molecular complexity index is 431. The predicted octanol–water partition coefficient (Wildman–Crippen LogP) is 2.43. The Labute approximate surface area is 89.7 Å².